The molecular formula is C8H13F3N4O2S. The summed E-state index contributed by atoms with van der Waals surface area (Å²) in [6, 6.07) is 0. The minimum absolute atomic E-state index is 0.293. The van der Waals surface area contributed by atoms with E-state index in [-0.39, 0.29) is 5.96 Å². The van der Waals surface area contributed by atoms with Crippen LogP contribution in [0.15, 0.2) is 16.8 Å². The van der Waals surface area contributed by atoms with Crippen molar-refractivity contribution in [2.45, 2.75) is 18.3 Å². The summed E-state index contributed by atoms with van der Waals surface area (Å²) in [6.07, 6.45) is -3.71. The summed E-state index contributed by atoms with van der Waals surface area (Å²) < 4.78 is 60.2. The number of aliphatic imine (C=N–C) groups is 1. The van der Waals surface area contributed by atoms with Crippen LogP contribution in [0.3, 0.4) is 0 Å². The summed E-state index contributed by atoms with van der Waals surface area (Å²) in [4.78, 5) is 3.47. The average Bonchev–Trinajstić information content (AvgIpc) is 2.11. The van der Waals surface area contributed by atoms with Gasteiger partial charge in [0.2, 0.25) is 0 Å². The van der Waals surface area contributed by atoms with Crippen molar-refractivity contribution in [3.05, 3.63) is 11.8 Å². The Bertz CT molecular complexity index is 497. The third-order valence-electron chi connectivity index (χ3n) is 2.31. The van der Waals surface area contributed by atoms with Crippen molar-refractivity contribution in [3.63, 3.8) is 0 Å². The van der Waals surface area contributed by atoms with Crippen LogP contribution in [-0.4, -0.2) is 38.2 Å². The summed E-state index contributed by atoms with van der Waals surface area (Å²) in [6.45, 7) is 0. The van der Waals surface area contributed by atoms with Crippen LogP contribution in [0.1, 0.15) is 6.42 Å². The van der Waals surface area contributed by atoms with Gasteiger partial charge < -0.3 is 16.8 Å². The first-order valence-corrected chi connectivity index (χ1v) is 6.86. The van der Waals surface area contributed by atoms with Gasteiger partial charge in [0.15, 0.2) is 5.96 Å². The highest BCUT2D eigenvalue weighted by Gasteiger charge is 2.48. The van der Waals surface area contributed by atoms with Crippen LogP contribution in [0.2, 0.25) is 0 Å². The normalized spacial score (nSPS) is 25.2. The molecule has 0 aliphatic carbocycles. The smallest absolute Gasteiger partial charge is 0.370 e. The van der Waals surface area contributed by atoms with E-state index < -0.39 is 39.4 Å². The molecule has 104 valence electrons. The van der Waals surface area contributed by atoms with Crippen molar-refractivity contribution < 1.29 is 21.6 Å². The van der Waals surface area contributed by atoms with E-state index in [1.54, 1.807) is 0 Å². The summed E-state index contributed by atoms with van der Waals surface area (Å²) in [5.41, 5.74) is 7.44. The molecule has 10 heteroatoms. The Labute approximate surface area is 102 Å². The molecular weight excluding hydrogens is 273 g/mol. The van der Waals surface area contributed by atoms with Crippen LogP contribution in [0, 0.1) is 0 Å². The fourth-order valence-corrected chi connectivity index (χ4v) is 2.12. The third-order valence-corrected chi connectivity index (χ3v) is 3.26. The molecule has 1 rings (SSSR count). The largest absolute Gasteiger partial charge is 0.417 e. The Hall–Kier alpha value is -1.29. The quantitative estimate of drug-likeness (QED) is 0.644. The van der Waals surface area contributed by atoms with Gasteiger partial charge in [0.05, 0.1) is 11.3 Å². The molecule has 1 atom stereocenters. The predicted molar refractivity (Wildman–Crippen MR) is 60.1 cm³/mol. The standard InChI is InChI=1S/C8H13F3N4O2S/c1-18(16,17)3-2-7(13)5(8(9,10)11)4-14-6(12)15-7/h4H,2-3,13H2,1H3,(H3,12,14,15). The van der Waals surface area contributed by atoms with Gasteiger partial charge in [-0.15, -0.1) is 0 Å². The lowest BCUT2D eigenvalue weighted by molar-refractivity contribution is -0.101. The van der Waals surface area contributed by atoms with Crippen molar-refractivity contribution in [2.75, 3.05) is 12.0 Å². The fourth-order valence-electron chi connectivity index (χ4n) is 1.44. The maximum Gasteiger partial charge on any atom is 0.417 e. The zero-order chi connectivity index (χ0) is 14.2. The topological polar surface area (TPSA) is 111 Å². The van der Waals surface area contributed by atoms with Crippen molar-refractivity contribution in [1.82, 2.24) is 5.32 Å². The van der Waals surface area contributed by atoms with E-state index in [1.807, 2.05) is 0 Å². The molecule has 0 saturated carbocycles. The van der Waals surface area contributed by atoms with Crippen LogP contribution in [0.4, 0.5) is 13.2 Å². The lowest BCUT2D eigenvalue weighted by Gasteiger charge is -2.32. The van der Waals surface area contributed by atoms with Gasteiger partial charge in [0.25, 0.3) is 0 Å². The molecule has 6 nitrogen and oxygen atoms in total. The molecule has 1 heterocycles. The lowest BCUT2D eigenvalue weighted by Crippen LogP contribution is -2.52. The number of halogens is 3. The first kappa shape index (κ1) is 14.8. The number of hydrogen-bond donors (Lipinski definition) is 3. The van der Waals surface area contributed by atoms with Gasteiger partial charge in [-0.2, -0.15) is 13.2 Å². The first-order chi connectivity index (χ1) is 7.94. The molecule has 18 heavy (non-hydrogen) atoms. The van der Waals surface area contributed by atoms with E-state index in [1.165, 1.54) is 0 Å². The molecule has 5 N–H and O–H groups in total. The minimum Gasteiger partial charge on any atom is -0.370 e. The molecule has 0 fully saturated rings. The van der Waals surface area contributed by atoms with Gasteiger partial charge in [0, 0.05) is 18.9 Å². The SMILES string of the molecule is CS(=O)(=O)CCC1(N)N=C(N)NC=C1C(F)(F)F. The lowest BCUT2D eigenvalue weighted by atomic mass is 9.97. The van der Waals surface area contributed by atoms with Crippen molar-refractivity contribution in [2.24, 2.45) is 16.5 Å². The number of guanidine groups is 1. The summed E-state index contributed by atoms with van der Waals surface area (Å²) in [7, 11) is -3.45. The Balaban J connectivity index is 3.06. The van der Waals surface area contributed by atoms with Crippen molar-refractivity contribution in [3.8, 4) is 0 Å². The fraction of sp³-hybridized carbons (Fsp3) is 0.625. The molecule has 1 aliphatic heterocycles. The number of nitrogens with one attached hydrogen (secondary N) is 1. The van der Waals surface area contributed by atoms with Crippen molar-refractivity contribution >= 4 is 15.8 Å². The Kier molecular flexibility index (Phi) is 3.63. The van der Waals surface area contributed by atoms with Crippen LogP contribution in [-0.2, 0) is 9.84 Å². The van der Waals surface area contributed by atoms with Gasteiger partial charge in [0.1, 0.15) is 15.5 Å². The van der Waals surface area contributed by atoms with Gasteiger partial charge >= 0.3 is 6.18 Å². The van der Waals surface area contributed by atoms with Gasteiger partial charge in [-0.3, -0.25) is 0 Å². The molecule has 0 spiro atoms. The first-order valence-electron chi connectivity index (χ1n) is 4.80. The summed E-state index contributed by atoms with van der Waals surface area (Å²) >= 11 is 0. The number of alkyl halides is 3. The Morgan fingerprint density at radius 1 is 1.50 bits per heavy atom. The maximum absolute atomic E-state index is 12.7. The van der Waals surface area contributed by atoms with Crippen LogP contribution >= 0.6 is 0 Å². The van der Waals surface area contributed by atoms with E-state index in [0.29, 0.717) is 6.20 Å². The number of hydrogen-bond acceptors (Lipinski definition) is 6. The molecule has 0 aromatic rings. The molecule has 1 unspecified atom stereocenters. The molecule has 0 saturated heterocycles. The van der Waals surface area contributed by atoms with E-state index in [9.17, 15) is 21.6 Å². The Morgan fingerprint density at radius 2 is 2.06 bits per heavy atom. The van der Waals surface area contributed by atoms with Crippen LogP contribution in [0.25, 0.3) is 0 Å². The maximum atomic E-state index is 12.7. The second-order valence-corrected chi connectivity index (χ2v) is 6.26. The highest BCUT2D eigenvalue weighted by atomic mass is 32.2. The van der Waals surface area contributed by atoms with E-state index in [4.69, 9.17) is 11.5 Å². The number of nitrogens with zero attached hydrogens (tertiary/aromatic N) is 1. The number of sulfone groups is 1. The number of nitrogens with two attached hydrogens (primary N) is 2. The molecule has 1 aliphatic rings. The zero-order valence-corrected chi connectivity index (χ0v) is 10.3. The monoisotopic (exact) mass is 286 g/mol. The third kappa shape index (κ3) is 3.60. The van der Waals surface area contributed by atoms with Gasteiger partial charge in [-0.25, -0.2) is 13.4 Å². The second kappa shape index (κ2) is 4.43. The molecule has 0 amide bonds. The van der Waals surface area contributed by atoms with Gasteiger partial charge in [-0.1, -0.05) is 0 Å². The van der Waals surface area contributed by atoms with Gasteiger partial charge in [-0.05, 0) is 0 Å². The molecule has 0 aromatic carbocycles. The minimum atomic E-state index is -4.72. The summed E-state index contributed by atoms with van der Waals surface area (Å²) in [5, 5.41) is 2.11. The molecule has 0 aromatic heterocycles. The molecule has 0 bridgehead atoms. The van der Waals surface area contributed by atoms with E-state index >= 15 is 0 Å². The van der Waals surface area contributed by atoms with Crippen LogP contribution in [0.5, 0.6) is 0 Å². The second-order valence-electron chi connectivity index (χ2n) is 4.00. The number of rotatable bonds is 3. The van der Waals surface area contributed by atoms with Crippen molar-refractivity contribution in [1.29, 1.82) is 0 Å². The highest BCUT2D eigenvalue weighted by molar-refractivity contribution is 7.90. The predicted octanol–water partition coefficient (Wildman–Crippen LogP) is -0.560. The van der Waals surface area contributed by atoms with E-state index in [2.05, 4.69) is 10.3 Å². The zero-order valence-electron chi connectivity index (χ0n) is 9.45. The summed E-state index contributed by atoms with van der Waals surface area (Å²) in [5.74, 6) is -0.813. The Morgan fingerprint density at radius 3 is 2.50 bits per heavy atom. The van der Waals surface area contributed by atoms with E-state index in [0.717, 1.165) is 6.26 Å². The average molecular weight is 286 g/mol. The van der Waals surface area contributed by atoms with Crippen LogP contribution < -0.4 is 16.8 Å². The molecule has 0 radical (unpaired) electrons. The highest BCUT2D eigenvalue weighted by Crippen LogP contribution is 2.36.